The van der Waals surface area contributed by atoms with E-state index in [2.05, 4.69) is 22.0 Å². The molecular formula is C17H21N5O3S. The van der Waals surface area contributed by atoms with Gasteiger partial charge in [-0.3, -0.25) is 9.48 Å². The average Bonchev–Trinajstić information content (AvgIpc) is 2.93. The van der Waals surface area contributed by atoms with Gasteiger partial charge in [0.1, 0.15) is 11.3 Å². The molecule has 0 saturated heterocycles. The molecule has 0 aliphatic heterocycles. The second-order valence-corrected chi connectivity index (χ2v) is 7.65. The van der Waals surface area contributed by atoms with E-state index in [1.54, 1.807) is 16.8 Å². The molecule has 0 aliphatic rings. The van der Waals surface area contributed by atoms with Crippen LogP contribution in [0.25, 0.3) is 11.0 Å². The molecule has 3 aromatic rings. The highest BCUT2D eigenvalue weighted by atomic mass is 32.2. The lowest BCUT2D eigenvalue weighted by atomic mass is 10.1. The Morgan fingerprint density at radius 1 is 1.19 bits per heavy atom. The molecule has 3 N–H and O–H groups in total. The third-order valence-corrected chi connectivity index (χ3v) is 5.06. The molecule has 0 bridgehead atoms. The van der Waals surface area contributed by atoms with Gasteiger partial charge in [0, 0.05) is 13.0 Å². The molecule has 0 spiro atoms. The fourth-order valence-corrected chi connectivity index (χ4v) is 3.42. The van der Waals surface area contributed by atoms with Gasteiger partial charge >= 0.3 is 0 Å². The fraction of sp³-hybridized carbons (Fsp3) is 0.353. The Morgan fingerprint density at radius 3 is 2.46 bits per heavy atom. The van der Waals surface area contributed by atoms with Crippen molar-refractivity contribution in [1.29, 1.82) is 0 Å². The molecule has 0 fully saturated rings. The van der Waals surface area contributed by atoms with Crippen molar-refractivity contribution >= 4 is 21.1 Å². The van der Waals surface area contributed by atoms with E-state index in [4.69, 9.17) is 5.14 Å². The Kier molecular flexibility index (Phi) is 4.92. The number of fused-ring (bicyclic) bond motifs is 1. The summed E-state index contributed by atoms with van der Waals surface area (Å²) in [6, 6.07) is 6.20. The summed E-state index contributed by atoms with van der Waals surface area (Å²) in [5.74, 6) is 0.513. The molecule has 9 heteroatoms. The Morgan fingerprint density at radius 2 is 1.88 bits per heavy atom. The van der Waals surface area contributed by atoms with Crippen LogP contribution in [0, 0.1) is 0 Å². The lowest BCUT2D eigenvalue weighted by Crippen LogP contribution is -2.15. The predicted octanol–water partition coefficient (Wildman–Crippen LogP) is 1.33. The van der Waals surface area contributed by atoms with E-state index in [0.717, 1.165) is 24.1 Å². The molecule has 2 heterocycles. The Balaban J connectivity index is 2.01. The van der Waals surface area contributed by atoms with E-state index in [1.165, 1.54) is 12.1 Å². The number of hydrogen-bond donors (Lipinski definition) is 2. The van der Waals surface area contributed by atoms with Gasteiger partial charge in [-0.15, -0.1) is 0 Å². The average molecular weight is 375 g/mol. The van der Waals surface area contributed by atoms with Crippen LogP contribution in [0.5, 0.6) is 0 Å². The number of H-pyrrole nitrogens is 1. The third kappa shape index (κ3) is 3.54. The zero-order valence-electron chi connectivity index (χ0n) is 14.7. The molecule has 0 unspecified atom stereocenters. The summed E-state index contributed by atoms with van der Waals surface area (Å²) >= 11 is 0. The number of aryl methyl sites for hydroxylation is 2. The number of nitrogens with two attached hydrogens (primary N) is 1. The summed E-state index contributed by atoms with van der Waals surface area (Å²) in [6.07, 6.45) is 2.04. The van der Waals surface area contributed by atoms with Gasteiger partial charge in [-0.2, -0.15) is 5.10 Å². The van der Waals surface area contributed by atoms with Crippen molar-refractivity contribution in [3.05, 3.63) is 51.7 Å². The summed E-state index contributed by atoms with van der Waals surface area (Å²) in [4.78, 5) is 20.0. The minimum atomic E-state index is -3.72. The van der Waals surface area contributed by atoms with Gasteiger partial charge in [-0.25, -0.2) is 18.5 Å². The van der Waals surface area contributed by atoms with Crippen LogP contribution in [-0.4, -0.2) is 28.2 Å². The van der Waals surface area contributed by atoms with E-state index in [0.29, 0.717) is 29.8 Å². The first-order valence-electron chi connectivity index (χ1n) is 8.43. The maximum atomic E-state index is 12.5. The topological polar surface area (TPSA) is 124 Å². The molecular weight excluding hydrogens is 354 g/mol. The van der Waals surface area contributed by atoms with Crippen LogP contribution in [0.15, 0.2) is 34.0 Å². The monoisotopic (exact) mass is 375 g/mol. The maximum absolute atomic E-state index is 12.5. The first-order valence-corrected chi connectivity index (χ1v) is 9.98. The van der Waals surface area contributed by atoms with Gasteiger partial charge in [0.2, 0.25) is 10.0 Å². The number of aromatic nitrogens is 4. The Labute approximate surface area is 151 Å². The lowest BCUT2D eigenvalue weighted by molar-refractivity contribution is 0.598. The third-order valence-electron chi connectivity index (χ3n) is 4.13. The maximum Gasteiger partial charge on any atom is 0.277 e. The zero-order valence-corrected chi connectivity index (χ0v) is 15.5. The number of sulfonamides is 1. The number of aromatic amines is 1. The van der Waals surface area contributed by atoms with Crippen LogP contribution in [0.2, 0.25) is 0 Å². The van der Waals surface area contributed by atoms with E-state index in [9.17, 15) is 13.2 Å². The molecule has 2 aromatic heterocycles. The molecule has 26 heavy (non-hydrogen) atoms. The predicted molar refractivity (Wildman–Crippen MR) is 98.4 cm³/mol. The standard InChI is InChI=1S/C17H21N5O3S/c1-3-5-13-15-16(22(4-2)21-13)17(23)20-14(19-15)10-11-6-8-12(9-7-11)26(18,24)25/h6-9H,3-5,10H2,1-2H3,(H2,18,24,25)(H,19,20,23). The first-order chi connectivity index (χ1) is 12.3. The highest BCUT2D eigenvalue weighted by molar-refractivity contribution is 7.89. The smallest absolute Gasteiger partial charge is 0.277 e. The van der Waals surface area contributed by atoms with Crippen molar-refractivity contribution in [2.75, 3.05) is 0 Å². The van der Waals surface area contributed by atoms with E-state index < -0.39 is 10.0 Å². The number of hydrogen-bond acceptors (Lipinski definition) is 5. The van der Waals surface area contributed by atoms with E-state index >= 15 is 0 Å². The fourth-order valence-electron chi connectivity index (χ4n) is 2.91. The van der Waals surface area contributed by atoms with Crippen molar-refractivity contribution in [3.8, 4) is 0 Å². The van der Waals surface area contributed by atoms with Crippen molar-refractivity contribution in [2.45, 2.75) is 44.6 Å². The van der Waals surface area contributed by atoms with Gasteiger partial charge in [0.25, 0.3) is 5.56 Å². The molecule has 0 amide bonds. The van der Waals surface area contributed by atoms with Gasteiger partial charge < -0.3 is 4.98 Å². The summed E-state index contributed by atoms with van der Waals surface area (Å²) in [5.41, 5.74) is 2.54. The van der Waals surface area contributed by atoms with Gasteiger partial charge in [0.05, 0.1) is 10.6 Å². The highest BCUT2D eigenvalue weighted by Gasteiger charge is 2.16. The van der Waals surface area contributed by atoms with Crippen LogP contribution >= 0.6 is 0 Å². The van der Waals surface area contributed by atoms with Crippen LogP contribution in [0.3, 0.4) is 0 Å². The van der Waals surface area contributed by atoms with Crippen molar-refractivity contribution in [3.63, 3.8) is 0 Å². The van der Waals surface area contributed by atoms with Crippen LogP contribution in [-0.2, 0) is 29.4 Å². The summed E-state index contributed by atoms with van der Waals surface area (Å²) in [5, 5.41) is 9.60. The van der Waals surface area contributed by atoms with Crippen LogP contribution in [0.1, 0.15) is 37.4 Å². The highest BCUT2D eigenvalue weighted by Crippen LogP contribution is 2.16. The van der Waals surface area contributed by atoms with Crippen molar-refractivity contribution in [1.82, 2.24) is 19.7 Å². The molecule has 0 saturated carbocycles. The van der Waals surface area contributed by atoms with Gasteiger partial charge in [-0.1, -0.05) is 25.5 Å². The summed E-state index contributed by atoms with van der Waals surface area (Å²) in [7, 11) is -3.72. The number of benzene rings is 1. The number of primary sulfonamides is 1. The molecule has 0 atom stereocenters. The second kappa shape index (κ2) is 7.00. The van der Waals surface area contributed by atoms with Crippen LogP contribution in [0.4, 0.5) is 0 Å². The second-order valence-electron chi connectivity index (χ2n) is 6.09. The SMILES string of the molecule is CCCc1nn(CC)c2c(=O)[nH]c(Cc3ccc(S(N)(=O)=O)cc3)nc12. The quantitative estimate of drug-likeness (QED) is 0.673. The van der Waals surface area contributed by atoms with Gasteiger partial charge in [0.15, 0.2) is 5.52 Å². The Hall–Kier alpha value is -2.52. The molecule has 0 radical (unpaired) electrons. The summed E-state index contributed by atoms with van der Waals surface area (Å²) < 4.78 is 24.3. The number of nitrogens with one attached hydrogen (secondary N) is 1. The summed E-state index contributed by atoms with van der Waals surface area (Å²) in [6.45, 7) is 4.58. The van der Waals surface area contributed by atoms with Crippen molar-refractivity contribution in [2.24, 2.45) is 5.14 Å². The van der Waals surface area contributed by atoms with Crippen molar-refractivity contribution < 1.29 is 8.42 Å². The first kappa shape index (κ1) is 18.3. The lowest BCUT2D eigenvalue weighted by Gasteiger charge is -2.04. The molecule has 0 aliphatic carbocycles. The Bertz CT molecular complexity index is 1100. The minimum absolute atomic E-state index is 0.0487. The normalized spacial score (nSPS) is 12.0. The van der Waals surface area contributed by atoms with Gasteiger partial charge in [-0.05, 0) is 31.0 Å². The zero-order chi connectivity index (χ0) is 18.9. The van der Waals surface area contributed by atoms with Crippen LogP contribution < -0.4 is 10.7 Å². The number of rotatable bonds is 6. The van der Waals surface area contributed by atoms with E-state index in [-0.39, 0.29) is 10.5 Å². The molecule has 3 rings (SSSR count). The molecule has 8 nitrogen and oxygen atoms in total. The molecule has 138 valence electrons. The number of nitrogens with zero attached hydrogens (tertiary/aromatic N) is 3. The molecule has 1 aromatic carbocycles. The largest absolute Gasteiger partial charge is 0.308 e. The van der Waals surface area contributed by atoms with E-state index in [1.807, 2.05) is 6.92 Å². The minimum Gasteiger partial charge on any atom is -0.308 e.